The number of nitrogens with one attached hydrogen (secondary N) is 1. The largest absolute Gasteiger partial charge is 0.340 e. The van der Waals surface area contributed by atoms with E-state index in [0.717, 1.165) is 26.2 Å². The first kappa shape index (κ1) is 16.4. The van der Waals surface area contributed by atoms with Crippen molar-refractivity contribution in [2.45, 2.75) is 19.4 Å². The van der Waals surface area contributed by atoms with Gasteiger partial charge in [0, 0.05) is 39.1 Å². The summed E-state index contributed by atoms with van der Waals surface area (Å²) in [5, 5.41) is 0.488. The van der Waals surface area contributed by atoms with Crippen LogP contribution in [0.4, 0.5) is 0 Å². The number of likely N-dealkylation sites (N-methyl/N-ethyl adjacent to an activating group) is 1. The van der Waals surface area contributed by atoms with Crippen molar-refractivity contribution >= 4 is 16.8 Å². The number of nitrogens with zero attached hydrogens (tertiary/aromatic N) is 3. The standard InChI is InChI=1S/C17H22N4O3/c1-19-9-11-20(12-10-19)15(22)7-4-8-21-16(23)13-5-2-3-6-14(13)18-17(21)24/h2-3,5-6H,4,7-12H2,1H3,(H,18,24). The molecular formula is C17H22N4O3. The summed E-state index contributed by atoms with van der Waals surface area (Å²) in [5.74, 6) is 0.0911. The van der Waals surface area contributed by atoms with E-state index in [1.807, 2.05) is 11.9 Å². The van der Waals surface area contributed by atoms with Crippen molar-refractivity contribution in [1.82, 2.24) is 19.4 Å². The van der Waals surface area contributed by atoms with Gasteiger partial charge in [-0.05, 0) is 25.6 Å². The third-order valence-electron chi connectivity index (χ3n) is 4.52. The number of carbonyl (C=O) groups excluding carboxylic acids is 1. The molecule has 3 rings (SSSR count). The molecule has 1 aromatic carbocycles. The fourth-order valence-corrected chi connectivity index (χ4v) is 3.00. The van der Waals surface area contributed by atoms with E-state index in [2.05, 4.69) is 9.88 Å². The zero-order valence-corrected chi connectivity index (χ0v) is 13.8. The summed E-state index contributed by atoms with van der Waals surface area (Å²) in [7, 11) is 2.04. The Hall–Kier alpha value is -2.41. The number of rotatable bonds is 4. The van der Waals surface area contributed by atoms with Gasteiger partial charge in [-0.15, -0.1) is 0 Å². The molecule has 24 heavy (non-hydrogen) atoms. The number of amides is 1. The van der Waals surface area contributed by atoms with Gasteiger partial charge in [-0.25, -0.2) is 4.79 Å². The van der Waals surface area contributed by atoms with Crippen LogP contribution in [0.5, 0.6) is 0 Å². The van der Waals surface area contributed by atoms with Gasteiger partial charge in [-0.3, -0.25) is 14.2 Å². The average Bonchev–Trinajstić information content (AvgIpc) is 2.58. The summed E-state index contributed by atoms with van der Waals surface area (Å²) in [6, 6.07) is 6.94. The van der Waals surface area contributed by atoms with E-state index in [1.54, 1.807) is 24.3 Å². The molecule has 1 saturated heterocycles. The fraction of sp³-hybridized carbons (Fsp3) is 0.471. The number of para-hydroxylation sites is 1. The number of aromatic amines is 1. The van der Waals surface area contributed by atoms with Crippen molar-refractivity contribution < 1.29 is 4.79 Å². The van der Waals surface area contributed by atoms with E-state index in [1.165, 1.54) is 4.57 Å². The Labute approximate surface area is 139 Å². The number of carbonyl (C=O) groups is 1. The van der Waals surface area contributed by atoms with E-state index in [0.29, 0.717) is 23.7 Å². The monoisotopic (exact) mass is 330 g/mol. The maximum Gasteiger partial charge on any atom is 0.328 e. The quantitative estimate of drug-likeness (QED) is 0.871. The molecule has 2 heterocycles. The van der Waals surface area contributed by atoms with Crippen molar-refractivity contribution in [2.24, 2.45) is 0 Å². The van der Waals surface area contributed by atoms with Crippen LogP contribution in [0.25, 0.3) is 10.9 Å². The molecule has 7 nitrogen and oxygen atoms in total. The average molecular weight is 330 g/mol. The van der Waals surface area contributed by atoms with Crippen LogP contribution in [-0.4, -0.2) is 58.5 Å². The molecular weight excluding hydrogens is 308 g/mol. The predicted octanol–water partition coefficient (Wildman–Crippen LogP) is 0.244. The number of hydrogen-bond donors (Lipinski definition) is 1. The Balaban J connectivity index is 1.65. The molecule has 1 N–H and O–H groups in total. The first-order valence-electron chi connectivity index (χ1n) is 8.24. The Morgan fingerprint density at radius 3 is 2.58 bits per heavy atom. The number of H-pyrrole nitrogens is 1. The Morgan fingerprint density at radius 1 is 1.12 bits per heavy atom. The summed E-state index contributed by atoms with van der Waals surface area (Å²) in [6.07, 6.45) is 0.828. The molecule has 0 saturated carbocycles. The van der Waals surface area contributed by atoms with Crippen molar-refractivity contribution in [3.63, 3.8) is 0 Å². The third-order valence-corrected chi connectivity index (χ3v) is 4.52. The third kappa shape index (κ3) is 3.41. The molecule has 1 aliphatic heterocycles. The van der Waals surface area contributed by atoms with Gasteiger partial charge in [-0.2, -0.15) is 0 Å². The SMILES string of the molecule is CN1CCN(C(=O)CCCn2c(=O)[nH]c3ccccc3c2=O)CC1. The maximum atomic E-state index is 12.4. The minimum atomic E-state index is -0.425. The molecule has 2 aromatic rings. The van der Waals surface area contributed by atoms with Crippen molar-refractivity contribution in [3.8, 4) is 0 Å². The van der Waals surface area contributed by atoms with E-state index in [4.69, 9.17) is 0 Å². The second kappa shape index (κ2) is 7.00. The van der Waals surface area contributed by atoms with Crippen LogP contribution in [0.3, 0.4) is 0 Å². The lowest BCUT2D eigenvalue weighted by atomic mass is 10.2. The van der Waals surface area contributed by atoms with E-state index >= 15 is 0 Å². The molecule has 128 valence electrons. The van der Waals surface area contributed by atoms with Gasteiger partial charge >= 0.3 is 5.69 Å². The number of hydrogen-bond acceptors (Lipinski definition) is 4. The number of aromatic nitrogens is 2. The number of piperazine rings is 1. The zero-order valence-electron chi connectivity index (χ0n) is 13.8. The lowest BCUT2D eigenvalue weighted by molar-refractivity contribution is -0.132. The van der Waals surface area contributed by atoms with E-state index in [9.17, 15) is 14.4 Å². The number of benzene rings is 1. The first-order chi connectivity index (χ1) is 11.6. The van der Waals surface area contributed by atoms with Crippen LogP contribution in [0.2, 0.25) is 0 Å². The van der Waals surface area contributed by atoms with Crippen LogP contribution in [0.15, 0.2) is 33.9 Å². The zero-order chi connectivity index (χ0) is 17.1. The molecule has 0 radical (unpaired) electrons. The molecule has 0 bridgehead atoms. The second-order valence-corrected chi connectivity index (χ2v) is 6.22. The molecule has 0 atom stereocenters. The van der Waals surface area contributed by atoms with Crippen molar-refractivity contribution in [2.75, 3.05) is 33.2 Å². The highest BCUT2D eigenvalue weighted by atomic mass is 16.2. The van der Waals surface area contributed by atoms with Gasteiger partial charge in [0.2, 0.25) is 5.91 Å². The molecule has 1 amide bonds. The van der Waals surface area contributed by atoms with E-state index < -0.39 is 5.69 Å². The number of fused-ring (bicyclic) bond motifs is 1. The highest BCUT2D eigenvalue weighted by Gasteiger charge is 2.18. The Morgan fingerprint density at radius 2 is 1.83 bits per heavy atom. The second-order valence-electron chi connectivity index (χ2n) is 6.22. The highest BCUT2D eigenvalue weighted by molar-refractivity contribution is 5.77. The molecule has 1 aromatic heterocycles. The van der Waals surface area contributed by atoms with Gasteiger partial charge in [0.1, 0.15) is 0 Å². The van der Waals surface area contributed by atoms with E-state index in [-0.39, 0.29) is 18.0 Å². The fourth-order valence-electron chi connectivity index (χ4n) is 3.00. The van der Waals surface area contributed by atoms with Crippen LogP contribution in [0.1, 0.15) is 12.8 Å². The topological polar surface area (TPSA) is 78.4 Å². The summed E-state index contributed by atoms with van der Waals surface area (Å²) in [4.78, 5) is 43.4. The lowest BCUT2D eigenvalue weighted by Crippen LogP contribution is -2.47. The molecule has 0 spiro atoms. The maximum absolute atomic E-state index is 12.4. The van der Waals surface area contributed by atoms with Crippen LogP contribution < -0.4 is 11.2 Å². The van der Waals surface area contributed by atoms with Gasteiger partial charge in [0.15, 0.2) is 0 Å². The Bertz CT molecular complexity index is 847. The van der Waals surface area contributed by atoms with Gasteiger partial charge in [0.05, 0.1) is 10.9 Å². The van der Waals surface area contributed by atoms with Crippen LogP contribution >= 0.6 is 0 Å². The molecule has 1 aliphatic rings. The summed E-state index contributed by atoms with van der Waals surface area (Å²) in [6.45, 7) is 3.50. The van der Waals surface area contributed by atoms with Crippen LogP contribution in [-0.2, 0) is 11.3 Å². The molecule has 0 aliphatic carbocycles. The molecule has 7 heteroatoms. The smallest absolute Gasteiger partial charge is 0.328 e. The summed E-state index contributed by atoms with van der Waals surface area (Å²) < 4.78 is 1.18. The van der Waals surface area contributed by atoms with Gasteiger partial charge in [-0.1, -0.05) is 12.1 Å². The summed E-state index contributed by atoms with van der Waals surface area (Å²) in [5.41, 5.74) is -0.190. The van der Waals surface area contributed by atoms with Gasteiger partial charge in [0.25, 0.3) is 5.56 Å². The van der Waals surface area contributed by atoms with Crippen molar-refractivity contribution in [1.29, 1.82) is 0 Å². The predicted molar refractivity (Wildman–Crippen MR) is 92.1 cm³/mol. The summed E-state index contributed by atoms with van der Waals surface area (Å²) >= 11 is 0. The van der Waals surface area contributed by atoms with Gasteiger partial charge < -0.3 is 14.8 Å². The van der Waals surface area contributed by atoms with Crippen molar-refractivity contribution in [3.05, 3.63) is 45.1 Å². The normalized spacial score (nSPS) is 15.8. The highest BCUT2D eigenvalue weighted by Crippen LogP contribution is 2.05. The minimum absolute atomic E-state index is 0.0911. The van der Waals surface area contributed by atoms with Crippen LogP contribution in [0, 0.1) is 0 Å². The lowest BCUT2D eigenvalue weighted by Gasteiger charge is -2.32. The molecule has 1 fully saturated rings. The Kier molecular flexibility index (Phi) is 4.80. The molecule has 0 unspecified atom stereocenters. The minimum Gasteiger partial charge on any atom is -0.340 e. The first-order valence-corrected chi connectivity index (χ1v) is 8.24.